The van der Waals surface area contributed by atoms with Crippen molar-refractivity contribution in [2.45, 2.75) is 20.8 Å². The molecule has 0 aliphatic heterocycles. The topological polar surface area (TPSA) is 0 Å². The summed E-state index contributed by atoms with van der Waals surface area (Å²) in [5, 5.41) is 0. The van der Waals surface area contributed by atoms with Gasteiger partial charge in [-0.15, -0.1) is 0 Å². The van der Waals surface area contributed by atoms with Gasteiger partial charge in [0.15, 0.2) is 0 Å². The van der Waals surface area contributed by atoms with Crippen molar-refractivity contribution in [3.8, 4) is 0 Å². The molecule has 0 aromatic heterocycles. The average molecular weight is 213 g/mol. The highest BCUT2D eigenvalue weighted by molar-refractivity contribution is 9.11. The molecule has 0 N–H and O–H groups in total. The zero-order chi connectivity index (χ0) is 8.48. The third-order valence-corrected chi connectivity index (χ3v) is 2.69. The van der Waals surface area contributed by atoms with Crippen molar-refractivity contribution < 1.29 is 0 Å². The molecule has 0 bridgehead atoms. The van der Waals surface area contributed by atoms with Crippen molar-refractivity contribution in [2.24, 2.45) is 5.41 Å². The van der Waals surface area contributed by atoms with Gasteiger partial charge in [-0.3, -0.25) is 0 Å². The van der Waals surface area contributed by atoms with Crippen LogP contribution in [-0.4, -0.2) is 0 Å². The van der Waals surface area contributed by atoms with E-state index in [-0.39, 0.29) is 5.41 Å². The van der Waals surface area contributed by atoms with E-state index in [1.165, 1.54) is 10.1 Å². The molecule has 0 spiro atoms. The fourth-order valence-electron chi connectivity index (χ4n) is 0.894. The Balaban J connectivity index is 3.01. The highest BCUT2D eigenvalue weighted by Gasteiger charge is 2.10. The lowest BCUT2D eigenvalue weighted by atomic mass is 9.93. The maximum atomic E-state index is 3.50. The number of rotatable bonds is 0. The number of hydrogen-bond acceptors (Lipinski definition) is 0. The van der Waals surface area contributed by atoms with Crippen LogP contribution in [0.2, 0.25) is 0 Å². The van der Waals surface area contributed by atoms with Gasteiger partial charge < -0.3 is 0 Å². The molecule has 11 heavy (non-hydrogen) atoms. The Hall–Kier alpha value is -0.300. The van der Waals surface area contributed by atoms with Gasteiger partial charge in [0.2, 0.25) is 0 Å². The summed E-state index contributed by atoms with van der Waals surface area (Å²) >= 11 is 3.50. The normalized spacial score (nSPS) is 22.2. The van der Waals surface area contributed by atoms with Crippen molar-refractivity contribution in [3.05, 3.63) is 34.4 Å². The molecule has 1 aliphatic rings. The number of hydrogen-bond donors (Lipinski definition) is 0. The van der Waals surface area contributed by atoms with Gasteiger partial charge in [0.1, 0.15) is 0 Å². The zero-order valence-electron chi connectivity index (χ0n) is 7.19. The Morgan fingerprint density at radius 2 is 1.73 bits per heavy atom. The molecular weight excluding hydrogens is 200 g/mol. The van der Waals surface area contributed by atoms with E-state index in [2.05, 4.69) is 61.0 Å². The molecule has 60 valence electrons. The molecule has 0 aromatic rings. The minimum Gasteiger partial charge on any atom is -0.0748 e. The fraction of sp³-hybridized carbons (Fsp3) is 0.400. The summed E-state index contributed by atoms with van der Waals surface area (Å²) in [6.07, 6.45) is 8.69. The van der Waals surface area contributed by atoms with Crippen LogP contribution in [0.4, 0.5) is 0 Å². The lowest BCUT2D eigenvalue weighted by molar-refractivity contribution is 0.627. The van der Waals surface area contributed by atoms with Gasteiger partial charge >= 0.3 is 0 Å². The molecule has 0 radical (unpaired) electrons. The summed E-state index contributed by atoms with van der Waals surface area (Å²) < 4.78 is 1.18. The molecule has 0 nitrogen and oxygen atoms in total. The van der Waals surface area contributed by atoms with Crippen LogP contribution in [0.3, 0.4) is 0 Å². The second kappa shape index (κ2) is 2.98. The van der Waals surface area contributed by atoms with Gasteiger partial charge in [0.05, 0.1) is 0 Å². The molecular formula is C10H13Br. The first-order valence-corrected chi connectivity index (χ1v) is 4.55. The summed E-state index contributed by atoms with van der Waals surface area (Å²) in [7, 11) is 0. The molecule has 1 heteroatoms. The van der Waals surface area contributed by atoms with Crippen molar-refractivity contribution in [2.75, 3.05) is 0 Å². The van der Waals surface area contributed by atoms with E-state index in [4.69, 9.17) is 0 Å². The van der Waals surface area contributed by atoms with Gasteiger partial charge in [-0.1, -0.05) is 54.1 Å². The molecule has 1 rings (SSSR count). The van der Waals surface area contributed by atoms with Crippen LogP contribution in [0.15, 0.2) is 34.4 Å². The van der Waals surface area contributed by atoms with E-state index in [0.717, 1.165) is 0 Å². The highest BCUT2D eigenvalue weighted by atomic mass is 79.9. The van der Waals surface area contributed by atoms with Crippen LogP contribution in [0.25, 0.3) is 0 Å². The van der Waals surface area contributed by atoms with Crippen LogP contribution in [0.5, 0.6) is 0 Å². The van der Waals surface area contributed by atoms with Gasteiger partial charge in [0.25, 0.3) is 0 Å². The molecule has 0 fully saturated rings. The molecule has 0 saturated heterocycles. The third kappa shape index (κ3) is 2.33. The fourth-order valence-corrected chi connectivity index (χ4v) is 1.16. The van der Waals surface area contributed by atoms with Crippen molar-refractivity contribution in [1.82, 2.24) is 0 Å². The van der Waals surface area contributed by atoms with E-state index in [9.17, 15) is 0 Å². The number of halogens is 1. The van der Waals surface area contributed by atoms with E-state index in [0.29, 0.717) is 0 Å². The summed E-state index contributed by atoms with van der Waals surface area (Å²) in [5.74, 6) is 0. The average Bonchev–Trinajstić information content (AvgIpc) is 2.03. The van der Waals surface area contributed by atoms with Crippen LogP contribution >= 0.6 is 15.9 Å². The second-order valence-electron chi connectivity index (χ2n) is 3.52. The molecule has 0 atom stereocenters. The first-order valence-electron chi connectivity index (χ1n) is 3.76. The summed E-state index contributed by atoms with van der Waals surface area (Å²) in [5.41, 5.74) is 1.48. The van der Waals surface area contributed by atoms with Crippen molar-refractivity contribution >= 4 is 15.9 Å². The van der Waals surface area contributed by atoms with Gasteiger partial charge in [-0.05, 0) is 12.5 Å². The summed E-state index contributed by atoms with van der Waals surface area (Å²) in [6, 6.07) is 0. The Bertz CT molecular complexity index is 218. The highest BCUT2D eigenvalue weighted by Crippen LogP contribution is 2.27. The third-order valence-electron chi connectivity index (χ3n) is 1.80. The Labute approximate surface area is 76.8 Å². The lowest BCUT2D eigenvalue weighted by Gasteiger charge is -2.12. The van der Waals surface area contributed by atoms with E-state index < -0.39 is 0 Å². The Morgan fingerprint density at radius 3 is 2.36 bits per heavy atom. The maximum absolute atomic E-state index is 3.50. The summed E-state index contributed by atoms with van der Waals surface area (Å²) in [4.78, 5) is 0. The molecule has 0 aromatic carbocycles. The minimum absolute atomic E-state index is 0.191. The van der Waals surface area contributed by atoms with E-state index in [1.54, 1.807) is 0 Å². The monoisotopic (exact) mass is 212 g/mol. The van der Waals surface area contributed by atoms with Crippen LogP contribution in [0, 0.1) is 5.41 Å². The summed E-state index contributed by atoms with van der Waals surface area (Å²) in [6.45, 7) is 6.49. The molecule has 0 unspecified atom stereocenters. The number of allylic oxidation sites excluding steroid dienone is 6. The SMILES string of the molecule is CC1=C(Br)C=CC(C)(C)C=C1. The van der Waals surface area contributed by atoms with Crippen molar-refractivity contribution in [1.29, 1.82) is 0 Å². The van der Waals surface area contributed by atoms with E-state index >= 15 is 0 Å². The minimum atomic E-state index is 0.191. The van der Waals surface area contributed by atoms with Gasteiger partial charge in [0, 0.05) is 9.90 Å². The molecule has 0 amide bonds. The Kier molecular flexibility index (Phi) is 2.38. The van der Waals surface area contributed by atoms with Gasteiger partial charge in [-0.2, -0.15) is 0 Å². The van der Waals surface area contributed by atoms with Crippen LogP contribution < -0.4 is 0 Å². The first-order chi connectivity index (χ1) is 5.01. The van der Waals surface area contributed by atoms with E-state index in [1.807, 2.05) is 0 Å². The van der Waals surface area contributed by atoms with Gasteiger partial charge in [-0.25, -0.2) is 0 Å². The van der Waals surface area contributed by atoms with Crippen molar-refractivity contribution in [3.63, 3.8) is 0 Å². The predicted octanol–water partition coefficient (Wildman–Crippen LogP) is 3.81. The maximum Gasteiger partial charge on any atom is 0.0201 e. The Morgan fingerprint density at radius 1 is 1.18 bits per heavy atom. The molecule has 0 saturated carbocycles. The predicted molar refractivity (Wildman–Crippen MR) is 53.7 cm³/mol. The quantitative estimate of drug-likeness (QED) is 0.574. The second-order valence-corrected chi connectivity index (χ2v) is 4.37. The van der Waals surface area contributed by atoms with Crippen LogP contribution in [-0.2, 0) is 0 Å². The lowest BCUT2D eigenvalue weighted by Crippen LogP contribution is -2.00. The zero-order valence-corrected chi connectivity index (χ0v) is 8.77. The van der Waals surface area contributed by atoms with Crippen LogP contribution in [0.1, 0.15) is 20.8 Å². The molecule has 0 heterocycles. The first kappa shape index (κ1) is 8.79. The largest absolute Gasteiger partial charge is 0.0748 e. The smallest absolute Gasteiger partial charge is 0.0201 e. The molecule has 1 aliphatic carbocycles. The standard InChI is InChI=1S/C10H13Br/c1-8-4-6-10(2,3)7-5-9(8)11/h4-7H,1-3H3.